The van der Waals surface area contributed by atoms with Crippen molar-refractivity contribution < 1.29 is 9.90 Å². The number of hydrogen-bond acceptors (Lipinski definition) is 2. The van der Waals surface area contributed by atoms with E-state index in [9.17, 15) is 9.90 Å². The summed E-state index contributed by atoms with van der Waals surface area (Å²) in [5, 5.41) is 13.1. The molecule has 0 aliphatic carbocycles. The number of nitrogens with one attached hydrogen (secondary N) is 1. The van der Waals surface area contributed by atoms with E-state index in [1.165, 1.54) is 0 Å². The third kappa shape index (κ3) is 4.43. The van der Waals surface area contributed by atoms with Crippen molar-refractivity contribution in [3.63, 3.8) is 0 Å². The van der Waals surface area contributed by atoms with E-state index in [0.717, 1.165) is 11.1 Å². The van der Waals surface area contributed by atoms with Gasteiger partial charge in [0, 0.05) is 12.0 Å². The molecule has 0 aliphatic rings. The zero-order valence-electron chi connectivity index (χ0n) is 12.4. The van der Waals surface area contributed by atoms with Gasteiger partial charge in [0.15, 0.2) is 0 Å². The molecule has 2 atom stereocenters. The molecule has 0 spiro atoms. The van der Waals surface area contributed by atoms with Crippen molar-refractivity contribution in [2.24, 2.45) is 0 Å². The molecule has 0 aromatic heterocycles. The van der Waals surface area contributed by atoms with Crippen LogP contribution in [-0.4, -0.2) is 23.2 Å². The van der Waals surface area contributed by atoms with E-state index in [1.807, 2.05) is 62.4 Å². The molecule has 2 N–H and O–H groups in total. The Balaban J connectivity index is 1.94. The van der Waals surface area contributed by atoms with Gasteiger partial charge in [0.25, 0.3) is 5.91 Å². The molecule has 0 heterocycles. The van der Waals surface area contributed by atoms with Crippen molar-refractivity contribution in [3.05, 3.63) is 71.3 Å². The topological polar surface area (TPSA) is 49.3 Å². The minimum absolute atomic E-state index is 0.154. The molecule has 2 aromatic carbocycles. The van der Waals surface area contributed by atoms with E-state index in [1.54, 1.807) is 6.07 Å². The minimum atomic E-state index is -0.610. The fraction of sp³-hybridized carbons (Fsp3) is 0.278. The van der Waals surface area contributed by atoms with Crippen molar-refractivity contribution in [2.75, 3.05) is 0 Å². The van der Waals surface area contributed by atoms with E-state index in [0.29, 0.717) is 12.0 Å². The Kier molecular flexibility index (Phi) is 5.12. The van der Waals surface area contributed by atoms with E-state index >= 15 is 0 Å². The summed E-state index contributed by atoms with van der Waals surface area (Å²) in [4.78, 5) is 12.1. The maximum Gasteiger partial charge on any atom is 0.251 e. The highest BCUT2D eigenvalue weighted by atomic mass is 16.3. The van der Waals surface area contributed by atoms with Crippen molar-refractivity contribution in [2.45, 2.75) is 32.4 Å². The summed E-state index contributed by atoms with van der Waals surface area (Å²) in [7, 11) is 0. The van der Waals surface area contributed by atoms with E-state index in [-0.39, 0.29) is 11.9 Å². The van der Waals surface area contributed by atoms with E-state index in [4.69, 9.17) is 0 Å². The average molecular weight is 283 g/mol. The maximum atomic E-state index is 12.1. The molecule has 0 fully saturated rings. The van der Waals surface area contributed by atoms with Crippen LogP contribution in [0.4, 0.5) is 0 Å². The van der Waals surface area contributed by atoms with Crippen LogP contribution in [0.3, 0.4) is 0 Å². The first-order valence-electron chi connectivity index (χ1n) is 7.16. The number of carbonyl (C=O) groups is 1. The predicted octanol–water partition coefficient (Wildman–Crippen LogP) is 2.72. The van der Waals surface area contributed by atoms with Crippen LogP contribution in [0.5, 0.6) is 0 Å². The Morgan fingerprint density at radius 1 is 1.14 bits per heavy atom. The van der Waals surface area contributed by atoms with Gasteiger partial charge in [0.05, 0.1) is 12.1 Å². The molecule has 2 aromatic rings. The highest BCUT2D eigenvalue weighted by Crippen LogP contribution is 2.08. The number of amides is 1. The number of aliphatic hydroxyl groups excluding tert-OH is 1. The molecule has 0 saturated heterocycles. The lowest BCUT2D eigenvalue weighted by molar-refractivity contribution is 0.0851. The number of carbonyl (C=O) groups excluding carboxylic acids is 1. The smallest absolute Gasteiger partial charge is 0.251 e. The zero-order chi connectivity index (χ0) is 15.2. The molecule has 1 amide bonds. The van der Waals surface area contributed by atoms with Gasteiger partial charge in [-0.3, -0.25) is 4.79 Å². The van der Waals surface area contributed by atoms with Gasteiger partial charge in [-0.1, -0.05) is 48.0 Å². The minimum Gasteiger partial charge on any atom is -0.391 e. The van der Waals surface area contributed by atoms with Gasteiger partial charge in [0.2, 0.25) is 0 Å². The zero-order valence-corrected chi connectivity index (χ0v) is 12.4. The number of aliphatic hydroxyl groups is 1. The van der Waals surface area contributed by atoms with Gasteiger partial charge in [-0.05, 0) is 31.5 Å². The molecule has 0 aliphatic heterocycles. The van der Waals surface area contributed by atoms with E-state index in [2.05, 4.69) is 5.32 Å². The second kappa shape index (κ2) is 7.04. The average Bonchev–Trinajstić information content (AvgIpc) is 2.48. The second-order valence-corrected chi connectivity index (χ2v) is 5.39. The van der Waals surface area contributed by atoms with Crippen molar-refractivity contribution in [1.29, 1.82) is 0 Å². The Morgan fingerprint density at radius 2 is 1.86 bits per heavy atom. The lowest BCUT2D eigenvalue weighted by Crippen LogP contribution is -2.42. The molecule has 0 radical (unpaired) electrons. The van der Waals surface area contributed by atoms with Gasteiger partial charge >= 0.3 is 0 Å². The molecule has 3 nitrogen and oxygen atoms in total. The monoisotopic (exact) mass is 283 g/mol. The van der Waals surface area contributed by atoms with Crippen LogP contribution in [-0.2, 0) is 6.42 Å². The van der Waals surface area contributed by atoms with Crippen LogP contribution < -0.4 is 5.32 Å². The Bertz CT molecular complexity index is 595. The van der Waals surface area contributed by atoms with Crippen molar-refractivity contribution in [1.82, 2.24) is 5.32 Å². The molecule has 0 saturated carbocycles. The largest absolute Gasteiger partial charge is 0.391 e. The van der Waals surface area contributed by atoms with E-state index < -0.39 is 6.10 Å². The second-order valence-electron chi connectivity index (χ2n) is 5.39. The maximum absolute atomic E-state index is 12.1. The normalized spacial score (nSPS) is 13.5. The van der Waals surface area contributed by atoms with Crippen LogP contribution in [0.25, 0.3) is 0 Å². The summed E-state index contributed by atoms with van der Waals surface area (Å²) in [6.07, 6.45) is -0.0861. The van der Waals surface area contributed by atoms with Gasteiger partial charge in [-0.2, -0.15) is 0 Å². The Morgan fingerprint density at radius 3 is 2.52 bits per heavy atom. The number of benzene rings is 2. The first kappa shape index (κ1) is 15.3. The van der Waals surface area contributed by atoms with Gasteiger partial charge in [-0.15, -0.1) is 0 Å². The van der Waals surface area contributed by atoms with Gasteiger partial charge < -0.3 is 10.4 Å². The Hall–Kier alpha value is -2.13. The van der Waals surface area contributed by atoms with Gasteiger partial charge in [-0.25, -0.2) is 0 Å². The number of aryl methyl sites for hydroxylation is 1. The highest BCUT2D eigenvalue weighted by Gasteiger charge is 2.17. The third-order valence-electron chi connectivity index (χ3n) is 3.50. The van der Waals surface area contributed by atoms with Gasteiger partial charge in [0.1, 0.15) is 0 Å². The van der Waals surface area contributed by atoms with Crippen LogP contribution in [0, 0.1) is 6.92 Å². The third-order valence-corrected chi connectivity index (χ3v) is 3.50. The number of hydrogen-bond donors (Lipinski definition) is 2. The lowest BCUT2D eigenvalue weighted by Gasteiger charge is -2.20. The molecule has 21 heavy (non-hydrogen) atoms. The van der Waals surface area contributed by atoms with Crippen LogP contribution in [0.1, 0.15) is 28.4 Å². The molecule has 110 valence electrons. The summed E-state index contributed by atoms with van der Waals surface area (Å²) >= 11 is 0. The number of rotatable bonds is 5. The molecule has 0 bridgehead atoms. The first-order valence-corrected chi connectivity index (χ1v) is 7.16. The predicted molar refractivity (Wildman–Crippen MR) is 84.3 cm³/mol. The first-order chi connectivity index (χ1) is 10.1. The van der Waals surface area contributed by atoms with Crippen LogP contribution in [0.2, 0.25) is 0 Å². The molecular weight excluding hydrogens is 262 g/mol. The quantitative estimate of drug-likeness (QED) is 0.886. The summed E-state index contributed by atoms with van der Waals surface area (Å²) in [5.41, 5.74) is 2.72. The molecular formula is C18H21NO2. The summed E-state index contributed by atoms with van der Waals surface area (Å²) in [5.74, 6) is -0.154. The molecule has 2 unspecified atom stereocenters. The van der Waals surface area contributed by atoms with Crippen molar-refractivity contribution >= 4 is 5.91 Å². The Labute approximate surface area is 125 Å². The van der Waals surface area contributed by atoms with Crippen molar-refractivity contribution in [3.8, 4) is 0 Å². The fourth-order valence-corrected chi connectivity index (χ4v) is 2.20. The summed E-state index contributed by atoms with van der Waals surface area (Å²) in [6.45, 7) is 3.77. The standard InChI is InChI=1S/C18H21NO2/c1-13-7-6-10-16(11-13)18(21)19-14(2)17(20)12-15-8-4-3-5-9-15/h3-11,14,17,20H,12H2,1-2H3,(H,19,21). The lowest BCUT2D eigenvalue weighted by atomic mass is 10.0. The highest BCUT2D eigenvalue weighted by molar-refractivity contribution is 5.94. The van der Waals surface area contributed by atoms with Crippen LogP contribution >= 0.6 is 0 Å². The molecule has 2 rings (SSSR count). The molecule has 3 heteroatoms. The summed E-state index contributed by atoms with van der Waals surface area (Å²) < 4.78 is 0. The SMILES string of the molecule is Cc1cccc(C(=O)NC(C)C(O)Cc2ccccc2)c1. The summed E-state index contributed by atoms with van der Waals surface area (Å²) in [6, 6.07) is 16.9. The van der Waals surface area contributed by atoms with Crippen LogP contribution in [0.15, 0.2) is 54.6 Å². The fourth-order valence-electron chi connectivity index (χ4n) is 2.20.